The summed E-state index contributed by atoms with van der Waals surface area (Å²) in [5.41, 5.74) is 0. The van der Waals surface area contributed by atoms with Gasteiger partial charge < -0.3 is 10.2 Å². The van der Waals surface area contributed by atoms with Crippen molar-refractivity contribution in [1.82, 2.24) is 0 Å². The molecule has 2 N–H and O–H groups in total. The molecule has 0 aliphatic heterocycles. The van der Waals surface area contributed by atoms with E-state index in [-0.39, 0.29) is 6.61 Å². The Hall–Kier alpha value is 0.650. The van der Waals surface area contributed by atoms with Gasteiger partial charge in [-0.25, -0.2) is 0 Å². The highest BCUT2D eigenvalue weighted by atomic mass is 127. The fourth-order valence-corrected chi connectivity index (χ4v) is 1.60. The largest absolute Gasteiger partial charge is 0.394 e. The molecule has 1 rings (SSSR count). The molecule has 9 heavy (non-hydrogen) atoms. The molecule has 3 heteroatoms. The van der Waals surface area contributed by atoms with E-state index in [2.05, 4.69) is 22.6 Å². The van der Waals surface area contributed by atoms with Gasteiger partial charge in [0.15, 0.2) is 0 Å². The van der Waals surface area contributed by atoms with E-state index in [1.54, 1.807) is 0 Å². The summed E-state index contributed by atoms with van der Waals surface area (Å²) in [7, 11) is 0. The molecule has 0 amide bonds. The summed E-state index contributed by atoms with van der Waals surface area (Å²) in [6.07, 6.45) is 2.66. The number of alkyl halides is 1. The van der Waals surface area contributed by atoms with Crippen LogP contribution in [0.15, 0.2) is 0 Å². The molecule has 0 aromatic heterocycles. The second kappa shape index (κ2) is 2.72. The van der Waals surface area contributed by atoms with E-state index in [0.717, 1.165) is 6.42 Å². The molecule has 0 radical (unpaired) electrons. The molecule has 1 saturated carbocycles. The molecule has 1 atom stereocenters. The molecule has 54 valence electrons. The second-order valence-electron chi connectivity index (χ2n) is 2.69. The minimum absolute atomic E-state index is 0.0925. The summed E-state index contributed by atoms with van der Waals surface area (Å²) in [5, 5.41) is 17.5. The van der Waals surface area contributed by atoms with E-state index in [9.17, 15) is 0 Å². The molecular weight excluding hydrogens is 231 g/mol. The molecule has 0 bridgehead atoms. The van der Waals surface area contributed by atoms with Crippen molar-refractivity contribution in [2.24, 2.45) is 0 Å². The van der Waals surface area contributed by atoms with Crippen molar-refractivity contribution < 1.29 is 10.2 Å². The highest BCUT2D eigenvalue weighted by Crippen LogP contribution is 2.48. The van der Waals surface area contributed by atoms with E-state index in [1.165, 1.54) is 12.8 Å². The Morgan fingerprint density at radius 3 is 2.44 bits per heavy atom. The standard InChI is InChI=1S/C6H11IO2/c7-6(1-2-6)3-5(9)4-8/h5,8-9H,1-4H2/t5-/m0/s1. The van der Waals surface area contributed by atoms with Gasteiger partial charge in [0.25, 0.3) is 0 Å². The molecule has 1 aliphatic carbocycles. The second-order valence-corrected chi connectivity index (χ2v) is 4.98. The average Bonchev–Trinajstić information content (AvgIpc) is 2.48. The van der Waals surface area contributed by atoms with Crippen LogP contribution in [0.25, 0.3) is 0 Å². The topological polar surface area (TPSA) is 40.5 Å². The van der Waals surface area contributed by atoms with Crippen molar-refractivity contribution in [3.8, 4) is 0 Å². The van der Waals surface area contributed by atoms with Gasteiger partial charge >= 0.3 is 0 Å². The van der Waals surface area contributed by atoms with Crippen LogP contribution in [0.5, 0.6) is 0 Å². The smallest absolute Gasteiger partial charge is 0.0783 e. The van der Waals surface area contributed by atoms with Crippen LogP contribution in [0, 0.1) is 0 Å². The highest BCUT2D eigenvalue weighted by Gasteiger charge is 2.40. The number of aliphatic hydroxyl groups excluding tert-OH is 2. The van der Waals surface area contributed by atoms with Crippen LogP contribution in [0.2, 0.25) is 0 Å². The van der Waals surface area contributed by atoms with E-state index in [1.807, 2.05) is 0 Å². The zero-order valence-electron chi connectivity index (χ0n) is 5.18. The van der Waals surface area contributed by atoms with Crippen molar-refractivity contribution in [2.45, 2.75) is 28.8 Å². The number of rotatable bonds is 3. The van der Waals surface area contributed by atoms with Gasteiger partial charge in [0.05, 0.1) is 12.7 Å². The van der Waals surface area contributed by atoms with Crippen molar-refractivity contribution in [3.63, 3.8) is 0 Å². The van der Waals surface area contributed by atoms with Gasteiger partial charge in [0, 0.05) is 3.42 Å². The van der Waals surface area contributed by atoms with E-state index in [0.29, 0.717) is 3.42 Å². The lowest BCUT2D eigenvalue weighted by Crippen LogP contribution is -2.17. The summed E-state index contributed by atoms with van der Waals surface area (Å²) in [6.45, 7) is -0.0925. The third-order valence-corrected chi connectivity index (χ3v) is 3.12. The summed E-state index contributed by atoms with van der Waals surface area (Å²) >= 11 is 2.36. The number of aliphatic hydroxyl groups is 2. The molecular formula is C6H11IO2. The van der Waals surface area contributed by atoms with Crippen molar-refractivity contribution in [2.75, 3.05) is 6.61 Å². The van der Waals surface area contributed by atoms with Crippen LogP contribution in [0.3, 0.4) is 0 Å². The molecule has 0 aromatic rings. The first-order chi connectivity index (χ1) is 4.16. The first-order valence-corrected chi connectivity index (χ1v) is 4.22. The van der Waals surface area contributed by atoms with E-state index < -0.39 is 6.10 Å². The van der Waals surface area contributed by atoms with E-state index in [4.69, 9.17) is 10.2 Å². The lowest BCUT2D eigenvalue weighted by Gasteiger charge is -2.09. The first kappa shape index (κ1) is 7.75. The predicted molar refractivity (Wildman–Crippen MR) is 43.7 cm³/mol. The Morgan fingerprint density at radius 2 is 2.11 bits per heavy atom. The third-order valence-electron chi connectivity index (χ3n) is 1.60. The Balaban J connectivity index is 2.17. The van der Waals surface area contributed by atoms with E-state index >= 15 is 0 Å². The highest BCUT2D eigenvalue weighted by molar-refractivity contribution is 14.1. The predicted octanol–water partition coefficient (Wildman–Crippen LogP) is 0.697. The normalized spacial score (nSPS) is 25.7. The summed E-state index contributed by atoms with van der Waals surface area (Å²) in [5.74, 6) is 0. The van der Waals surface area contributed by atoms with Crippen LogP contribution in [0.4, 0.5) is 0 Å². The van der Waals surface area contributed by atoms with Gasteiger partial charge in [0.1, 0.15) is 0 Å². The van der Waals surface area contributed by atoms with Crippen molar-refractivity contribution >= 4 is 22.6 Å². The Bertz CT molecular complexity index is 101. The van der Waals surface area contributed by atoms with Crippen LogP contribution >= 0.6 is 22.6 Å². The fourth-order valence-electron chi connectivity index (χ4n) is 0.827. The van der Waals surface area contributed by atoms with Crippen molar-refractivity contribution in [1.29, 1.82) is 0 Å². The number of hydrogen-bond donors (Lipinski definition) is 2. The Kier molecular flexibility index (Phi) is 2.34. The maximum atomic E-state index is 8.98. The molecule has 1 fully saturated rings. The maximum absolute atomic E-state index is 8.98. The number of hydrogen-bond acceptors (Lipinski definition) is 2. The molecule has 1 aliphatic rings. The lowest BCUT2D eigenvalue weighted by molar-refractivity contribution is 0.0875. The van der Waals surface area contributed by atoms with Gasteiger partial charge in [-0.2, -0.15) is 0 Å². The van der Waals surface area contributed by atoms with Gasteiger partial charge in [-0.1, -0.05) is 22.6 Å². The Morgan fingerprint density at radius 1 is 1.56 bits per heavy atom. The van der Waals surface area contributed by atoms with Crippen LogP contribution in [0.1, 0.15) is 19.3 Å². The van der Waals surface area contributed by atoms with Gasteiger partial charge in [-0.05, 0) is 19.3 Å². The third kappa shape index (κ3) is 2.39. The van der Waals surface area contributed by atoms with Gasteiger partial charge in [-0.15, -0.1) is 0 Å². The minimum atomic E-state index is -0.496. The SMILES string of the molecule is OC[C@@H](O)CC1(I)CC1. The van der Waals surface area contributed by atoms with Crippen LogP contribution in [-0.2, 0) is 0 Å². The summed E-state index contributed by atoms with van der Waals surface area (Å²) < 4.78 is 0.333. The average molecular weight is 242 g/mol. The zero-order valence-corrected chi connectivity index (χ0v) is 7.34. The van der Waals surface area contributed by atoms with Gasteiger partial charge in [0.2, 0.25) is 0 Å². The quantitative estimate of drug-likeness (QED) is 0.564. The maximum Gasteiger partial charge on any atom is 0.0783 e. The molecule has 0 spiro atoms. The minimum Gasteiger partial charge on any atom is -0.394 e. The zero-order chi connectivity index (χ0) is 6.91. The van der Waals surface area contributed by atoms with Crippen LogP contribution < -0.4 is 0 Å². The molecule has 0 saturated heterocycles. The molecule has 0 aromatic carbocycles. The lowest BCUT2D eigenvalue weighted by atomic mass is 10.2. The molecule has 2 nitrogen and oxygen atoms in total. The van der Waals surface area contributed by atoms with Crippen LogP contribution in [-0.4, -0.2) is 26.3 Å². The van der Waals surface area contributed by atoms with Gasteiger partial charge in [-0.3, -0.25) is 0 Å². The summed E-state index contributed by atoms with van der Waals surface area (Å²) in [4.78, 5) is 0. The monoisotopic (exact) mass is 242 g/mol. The Labute approximate surface area is 68.4 Å². The molecule has 0 unspecified atom stereocenters. The number of halogens is 1. The fraction of sp³-hybridized carbons (Fsp3) is 1.00. The first-order valence-electron chi connectivity index (χ1n) is 3.14. The summed E-state index contributed by atoms with van der Waals surface area (Å²) in [6, 6.07) is 0. The van der Waals surface area contributed by atoms with Crippen molar-refractivity contribution in [3.05, 3.63) is 0 Å². The molecule has 0 heterocycles.